The quantitative estimate of drug-likeness (QED) is 0.516. The van der Waals surface area contributed by atoms with Crippen molar-refractivity contribution in [1.82, 2.24) is 24.3 Å². The van der Waals surface area contributed by atoms with Crippen molar-refractivity contribution < 1.29 is 9.84 Å². The number of thioether (sulfide) groups is 1. The van der Waals surface area contributed by atoms with E-state index >= 15 is 0 Å². The molecule has 3 aromatic rings. The van der Waals surface area contributed by atoms with Gasteiger partial charge in [0.05, 0.1) is 18.8 Å². The second kappa shape index (κ2) is 7.18. The molecule has 3 rings (SSSR count). The molecule has 3 aromatic heterocycles. The van der Waals surface area contributed by atoms with Gasteiger partial charge in [-0.15, -0.1) is 0 Å². The number of pyridine rings is 1. The van der Waals surface area contributed by atoms with Crippen LogP contribution in [0.25, 0.3) is 16.9 Å². The lowest BCUT2D eigenvalue weighted by atomic mass is 10.1. The monoisotopic (exact) mass is 375 g/mol. The van der Waals surface area contributed by atoms with Gasteiger partial charge in [-0.25, -0.2) is 24.3 Å². The summed E-state index contributed by atoms with van der Waals surface area (Å²) < 4.78 is 8.33. The number of rotatable bonds is 6. The van der Waals surface area contributed by atoms with E-state index in [-0.39, 0.29) is 5.56 Å². The van der Waals surface area contributed by atoms with E-state index in [1.165, 1.54) is 22.6 Å². The van der Waals surface area contributed by atoms with Crippen LogP contribution >= 0.6 is 11.8 Å². The lowest BCUT2D eigenvalue weighted by molar-refractivity contribution is 0.0737. The number of aliphatic hydroxyl groups is 1. The normalized spacial score (nSPS) is 12.0. The van der Waals surface area contributed by atoms with Crippen molar-refractivity contribution in [2.75, 3.05) is 20.0 Å². The maximum atomic E-state index is 12.8. The minimum atomic E-state index is -1.10. The van der Waals surface area contributed by atoms with E-state index in [2.05, 4.69) is 15.0 Å². The molecule has 8 nitrogen and oxygen atoms in total. The summed E-state index contributed by atoms with van der Waals surface area (Å²) in [6.07, 6.45) is 3.41. The molecule has 26 heavy (non-hydrogen) atoms. The molecule has 9 heteroatoms. The first kappa shape index (κ1) is 18.6. The van der Waals surface area contributed by atoms with Crippen molar-refractivity contribution in [3.05, 3.63) is 40.4 Å². The molecule has 0 amide bonds. The zero-order valence-corrected chi connectivity index (χ0v) is 15.9. The third-order valence-corrected chi connectivity index (χ3v) is 4.48. The van der Waals surface area contributed by atoms with E-state index in [9.17, 15) is 9.90 Å². The second-order valence-corrected chi connectivity index (χ2v) is 7.04. The van der Waals surface area contributed by atoms with E-state index in [1.807, 2.05) is 6.26 Å². The summed E-state index contributed by atoms with van der Waals surface area (Å²) >= 11 is 1.40. The first-order valence-electron chi connectivity index (χ1n) is 8.08. The molecular formula is C17H21N5O3S. The molecule has 0 spiro atoms. The highest BCUT2D eigenvalue weighted by molar-refractivity contribution is 7.98. The number of methoxy groups -OCH3 is 1. The van der Waals surface area contributed by atoms with E-state index < -0.39 is 5.60 Å². The Labute approximate surface area is 154 Å². The Kier molecular flexibility index (Phi) is 5.12. The maximum Gasteiger partial charge on any atom is 0.278 e. The van der Waals surface area contributed by atoms with Crippen LogP contribution in [0.4, 0.5) is 0 Å². The Balaban J connectivity index is 2.30. The molecular weight excluding hydrogens is 354 g/mol. The lowest BCUT2D eigenvalue weighted by Crippen LogP contribution is -2.26. The Morgan fingerprint density at radius 2 is 2.08 bits per heavy atom. The molecule has 0 aromatic carbocycles. The molecule has 0 saturated heterocycles. The smallest absolute Gasteiger partial charge is 0.278 e. The highest BCUT2D eigenvalue weighted by atomic mass is 32.2. The van der Waals surface area contributed by atoms with Gasteiger partial charge in [0.15, 0.2) is 16.6 Å². The molecule has 1 N–H and O–H groups in total. The lowest BCUT2D eigenvalue weighted by Gasteiger charge is -2.18. The third-order valence-electron chi connectivity index (χ3n) is 3.92. The Bertz CT molecular complexity index is 990. The van der Waals surface area contributed by atoms with Gasteiger partial charge < -0.3 is 9.84 Å². The van der Waals surface area contributed by atoms with Crippen molar-refractivity contribution in [2.24, 2.45) is 0 Å². The minimum Gasteiger partial charge on any atom is -0.384 e. The van der Waals surface area contributed by atoms with Crippen molar-refractivity contribution in [3.63, 3.8) is 0 Å². The molecule has 0 atom stereocenters. The summed E-state index contributed by atoms with van der Waals surface area (Å²) in [6, 6.07) is 5.32. The first-order chi connectivity index (χ1) is 12.4. The Morgan fingerprint density at radius 1 is 1.31 bits per heavy atom. The van der Waals surface area contributed by atoms with Gasteiger partial charge in [-0.05, 0) is 32.2 Å². The van der Waals surface area contributed by atoms with Crippen molar-refractivity contribution in [2.45, 2.75) is 31.1 Å². The topological polar surface area (TPSA) is 95.1 Å². The predicted octanol–water partition coefficient (Wildman–Crippen LogP) is 1.57. The zero-order valence-electron chi connectivity index (χ0n) is 15.1. The summed E-state index contributed by atoms with van der Waals surface area (Å²) in [6.45, 7) is 4.04. The Morgan fingerprint density at radius 3 is 2.73 bits per heavy atom. The van der Waals surface area contributed by atoms with Crippen molar-refractivity contribution >= 4 is 22.8 Å². The van der Waals surface area contributed by atoms with Crippen molar-refractivity contribution in [3.8, 4) is 5.82 Å². The average Bonchev–Trinajstić information content (AvgIpc) is 2.90. The van der Waals surface area contributed by atoms with Crippen LogP contribution in [0.1, 0.15) is 19.5 Å². The molecule has 0 bridgehead atoms. The maximum absolute atomic E-state index is 12.8. The number of hydrogen-bond donors (Lipinski definition) is 1. The van der Waals surface area contributed by atoms with Gasteiger partial charge in [0.25, 0.3) is 5.56 Å². The summed E-state index contributed by atoms with van der Waals surface area (Å²) in [5.41, 5.74) is -0.330. The van der Waals surface area contributed by atoms with Gasteiger partial charge in [0, 0.05) is 13.3 Å². The summed E-state index contributed by atoms with van der Waals surface area (Å²) in [7, 11) is 1.58. The van der Waals surface area contributed by atoms with E-state index in [0.717, 1.165) is 0 Å². The van der Waals surface area contributed by atoms with Crippen LogP contribution in [0.15, 0.2) is 34.3 Å². The zero-order chi connectivity index (χ0) is 18.9. The molecule has 0 aliphatic carbocycles. The molecule has 0 fully saturated rings. The van der Waals surface area contributed by atoms with Crippen LogP contribution in [-0.2, 0) is 16.9 Å². The van der Waals surface area contributed by atoms with E-state index in [0.29, 0.717) is 40.9 Å². The number of aromatic nitrogens is 5. The average molecular weight is 375 g/mol. The molecule has 138 valence electrons. The van der Waals surface area contributed by atoms with Gasteiger partial charge in [0.2, 0.25) is 0 Å². The molecule has 0 aliphatic rings. The fourth-order valence-corrected chi connectivity index (χ4v) is 2.94. The Hall–Kier alpha value is -2.23. The number of nitrogens with zero attached hydrogens (tertiary/aromatic N) is 5. The summed E-state index contributed by atoms with van der Waals surface area (Å²) in [5, 5.41) is 11.3. The van der Waals surface area contributed by atoms with Crippen molar-refractivity contribution in [1.29, 1.82) is 0 Å². The number of fused-ring (bicyclic) bond motifs is 1. The van der Waals surface area contributed by atoms with Crippen LogP contribution in [0, 0.1) is 0 Å². The highest BCUT2D eigenvalue weighted by Crippen LogP contribution is 2.21. The van der Waals surface area contributed by atoms with Gasteiger partial charge in [-0.1, -0.05) is 17.8 Å². The van der Waals surface area contributed by atoms with Crippen LogP contribution in [0.2, 0.25) is 0 Å². The second-order valence-electron chi connectivity index (χ2n) is 6.27. The highest BCUT2D eigenvalue weighted by Gasteiger charge is 2.21. The van der Waals surface area contributed by atoms with E-state index in [4.69, 9.17) is 4.74 Å². The fraction of sp³-hybridized carbons (Fsp3) is 0.412. The minimum absolute atomic E-state index is 0.208. The predicted molar refractivity (Wildman–Crippen MR) is 99.8 cm³/mol. The first-order valence-corrected chi connectivity index (χ1v) is 9.31. The van der Waals surface area contributed by atoms with Gasteiger partial charge >= 0.3 is 0 Å². The third kappa shape index (κ3) is 3.37. The number of hydrogen-bond acceptors (Lipinski definition) is 7. The van der Waals surface area contributed by atoms with Gasteiger partial charge in [0.1, 0.15) is 11.0 Å². The molecule has 3 heterocycles. The van der Waals surface area contributed by atoms with Gasteiger partial charge in [-0.2, -0.15) is 0 Å². The van der Waals surface area contributed by atoms with Gasteiger partial charge in [-0.3, -0.25) is 4.79 Å². The largest absolute Gasteiger partial charge is 0.384 e. The van der Waals surface area contributed by atoms with Crippen LogP contribution in [0.5, 0.6) is 0 Å². The van der Waals surface area contributed by atoms with Crippen LogP contribution < -0.4 is 5.56 Å². The SMILES string of the molecule is COCCn1c(=O)c2cnc(SC)nc2n1-c1cccc(C(C)(C)O)n1. The fourth-order valence-electron chi connectivity index (χ4n) is 2.61. The standard InChI is InChI=1S/C17H21N5O3S/c1-17(2,24)12-6-5-7-13(19-12)22-14-11(10-18-16(20-14)26-4)15(23)21(22)8-9-25-3/h5-7,10,24H,8-9H2,1-4H3. The van der Waals surface area contributed by atoms with E-state index in [1.54, 1.807) is 43.8 Å². The van der Waals surface area contributed by atoms with Crippen LogP contribution in [-0.4, -0.2) is 49.4 Å². The number of ether oxygens (including phenoxy) is 1. The molecule has 0 unspecified atom stereocenters. The van der Waals surface area contributed by atoms with Crippen LogP contribution in [0.3, 0.4) is 0 Å². The summed E-state index contributed by atoms with van der Waals surface area (Å²) in [5.74, 6) is 0.499. The molecule has 0 saturated carbocycles. The summed E-state index contributed by atoms with van der Waals surface area (Å²) in [4.78, 5) is 26.1. The molecule has 0 aliphatic heterocycles. The molecule has 0 radical (unpaired) electrons.